The van der Waals surface area contributed by atoms with Crippen LogP contribution in [0.1, 0.15) is 49.7 Å². The molecule has 2 unspecified atom stereocenters. The molecule has 1 N–H and O–H groups in total. The van der Waals surface area contributed by atoms with E-state index in [1.165, 1.54) is 5.56 Å². The number of amides is 2. The lowest BCUT2D eigenvalue weighted by Gasteiger charge is -2.36. The van der Waals surface area contributed by atoms with Crippen LogP contribution in [0, 0.1) is 0 Å². The fourth-order valence-electron chi connectivity index (χ4n) is 4.50. The van der Waals surface area contributed by atoms with Gasteiger partial charge in [-0.15, -0.1) is 0 Å². The van der Waals surface area contributed by atoms with Crippen molar-refractivity contribution in [1.29, 1.82) is 0 Å². The summed E-state index contributed by atoms with van der Waals surface area (Å²) in [7, 11) is 0. The molecule has 170 valence electrons. The first-order valence-corrected chi connectivity index (χ1v) is 11.5. The Morgan fingerprint density at radius 2 is 1.91 bits per heavy atom. The Kier molecular flexibility index (Phi) is 5.96. The second kappa shape index (κ2) is 9.19. The quantitative estimate of drug-likeness (QED) is 0.580. The summed E-state index contributed by atoms with van der Waals surface area (Å²) in [6.45, 7) is 5.32. The third-order valence-electron chi connectivity index (χ3n) is 6.42. The number of benzene rings is 2. The summed E-state index contributed by atoms with van der Waals surface area (Å²) in [5.74, 6) is 0.932. The molecule has 0 bridgehead atoms. The van der Waals surface area contributed by atoms with Gasteiger partial charge in [0, 0.05) is 17.9 Å². The highest BCUT2D eigenvalue weighted by Crippen LogP contribution is 2.37. The summed E-state index contributed by atoms with van der Waals surface area (Å²) in [4.78, 5) is 19.6. The van der Waals surface area contributed by atoms with E-state index in [2.05, 4.69) is 41.7 Å². The van der Waals surface area contributed by atoms with Crippen molar-refractivity contribution in [1.82, 2.24) is 20.4 Å². The molecule has 2 atom stereocenters. The molecule has 1 fully saturated rings. The topological polar surface area (TPSA) is 80.5 Å². The van der Waals surface area contributed by atoms with Gasteiger partial charge >= 0.3 is 6.03 Å². The highest BCUT2D eigenvalue weighted by molar-refractivity contribution is 5.87. The van der Waals surface area contributed by atoms with Gasteiger partial charge in [-0.05, 0) is 37.3 Å². The summed E-state index contributed by atoms with van der Waals surface area (Å²) < 4.78 is 11.5. The van der Waals surface area contributed by atoms with E-state index in [4.69, 9.17) is 14.2 Å². The fraction of sp³-hybridized carbons (Fsp3) is 0.346. The van der Waals surface area contributed by atoms with E-state index in [9.17, 15) is 4.79 Å². The van der Waals surface area contributed by atoms with Crippen molar-refractivity contribution in [3.63, 3.8) is 0 Å². The molecule has 2 aromatic carbocycles. The highest BCUT2D eigenvalue weighted by Gasteiger charge is 2.37. The largest absolute Gasteiger partial charge is 0.376 e. The second-order valence-electron chi connectivity index (χ2n) is 8.51. The Bertz CT molecular complexity index is 1150. The van der Waals surface area contributed by atoms with Gasteiger partial charge in [-0.25, -0.2) is 4.79 Å². The Morgan fingerprint density at radius 1 is 1.12 bits per heavy atom. The van der Waals surface area contributed by atoms with Crippen molar-refractivity contribution in [2.24, 2.45) is 0 Å². The van der Waals surface area contributed by atoms with Crippen LogP contribution in [-0.2, 0) is 11.2 Å². The van der Waals surface area contributed by atoms with E-state index in [0.717, 1.165) is 48.3 Å². The van der Waals surface area contributed by atoms with Gasteiger partial charge in [-0.3, -0.25) is 4.90 Å². The number of allylic oxidation sites excluding steroid dienone is 1. The van der Waals surface area contributed by atoms with Gasteiger partial charge < -0.3 is 14.6 Å². The van der Waals surface area contributed by atoms with Crippen molar-refractivity contribution >= 4 is 11.6 Å². The number of nitrogens with one attached hydrogen (secondary N) is 1. The van der Waals surface area contributed by atoms with Crippen molar-refractivity contribution in [3.8, 4) is 11.4 Å². The molecular weight excluding hydrogens is 416 g/mol. The van der Waals surface area contributed by atoms with Gasteiger partial charge in [0.1, 0.15) is 0 Å². The van der Waals surface area contributed by atoms with Crippen LogP contribution in [0.5, 0.6) is 0 Å². The second-order valence-corrected chi connectivity index (χ2v) is 8.51. The van der Waals surface area contributed by atoms with Crippen LogP contribution in [0.25, 0.3) is 17.0 Å². The van der Waals surface area contributed by atoms with Crippen LogP contribution in [-0.4, -0.2) is 40.3 Å². The van der Waals surface area contributed by atoms with Gasteiger partial charge in [0.05, 0.1) is 24.3 Å². The first-order chi connectivity index (χ1) is 16.1. The number of rotatable bonds is 6. The Hall–Kier alpha value is -3.45. The van der Waals surface area contributed by atoms with Crippen LogP contribution in [0.4, 0.5) is 4.79 Å². The normalized spacial score (nSPS) is 20.9. The van der Waals surface area contributed by atoms with Gasteiger partial charge in [-0.1, -0.05) is 66.7 Å². The molecule has 0 aliphatic carbocycles. The van der Waals surface area contributed by atoms with Crippen LogP contribution in [0.2, 0.25) is 0 Å². The molecule has 1 saturated heterocycles. The SMILES string of the molecule is CCc1ccc(C2NC(=O)N(CC3CCCO3)C(C)=C2c2nc(-c3ccccc3)no2)cc1. The number of carbonyl (C=O) groups excluding carboxylic acids is 1. The van der Waals surface area contributed by atoms with Crippen molar-refractivity contribution < 1.29 is 14.1 Å². The van der Waals surface area contributed by atoms with Gasteiger partial charge in [0.25, 0.3) is 5.89 Å². The third-order valence-corrected chi connectivity index (χ3v) is 6.42. The van der Waals surface area contributed by atoms with Crippen molar-refractivity contribution in [2.75, 3.05) is 13.2 Å². The maximum absolute atomic E-state index is 13.2. The predicted molar refractivity (Wildman–Crippen MR) is 125 cm³/mol. The van der Waals surface area contributed by atoms with Crippen molar-refractivity contribution in [2.45, 2.75) is 45.3 Å². The van der Waals surface area contributed by atoms with E-state index >= 15 is 0 Å². The van der Waals surface area contributed by atoms with Crippen LogP contribution >= 0.6 is 0 Å². The number of aryl methyl sites for hydroxylation is 1. The van der Waals surface area contributed by atoms with E-state index in [1.54, 1.807) is 4.90 Å². The van der Waals surface area contributed by atoms with E-state index < -0.39 is 0 Å². The van der Waals surface area contributed by atoms with Crippen LogP contribution < -0.4 is 5.32 Å². The standard InChI is InChI=1S/C26H28N4O3/c1-3-18-11-13-19(14-12-18)23-22(25-28-24(29-33-25)20-8-5-4-6-9-20)17(2)30(26(31)27-23)16-21-10-7-15-32-21/h4-6,8-9,11-14,21,23H,3,7,10,15-16H2,1-2H3,(H,27,31). The van der Waals surface area contributed by atoms with Gasteiger partial charge in [0.2, 0.25) is 5.82 Å². The zero-order chi connectivity index (χ0) is 22.8. The van der Waals surface area contributed by atoms with Gasteiger partial charge in [-0.2, -0.15) is 4.98 Å². The van der Waals surface area contributed by atoms with Crippen LogP contribution in [0.15, 0.2) is 64.8 Å². The molecule has 1 aromatic heterocycles. The first-order valence-electron chi connectivity index (χ1n) is 11.5. The summed E-state index contributed by atoms with van der Waals surface area (Å²) in [5, 5.41) is 7.39. The Labute approximate surface area is 193 Å². The molecule has 5 rings (SSSR count). The number of hydrogen-bond donors (Lipinski definition) is 1. The summed E-state index contributed by atoms with van der Waals surface area (Å²) in [5.41, 5.74) is 4.72. The summed E-state index contributed by atoms with van der Waals surface area (Å²) in [6.07, 6.45) is 2.97. The number of ether oxygens (including phenoxy) is 1. The molecule has 0 spiro atoms. The van der Waals surface area contributed by atoms with E-state index in [1.807, 2.05) is 37.3 Å². The zero-order valence-corrected chi connectivity index (χ0v) is 19.0. The maximum atomic E-state index is 13.2. The molecule has 7 nitrogen and oxygen atoms in total. The minimum absolute atomic E-state index is 0.0369. The number of urea groups is 1. The Morgan fingerprint density at radius 3 is 2.61 bits per heavy atom. The minimum atomic E-state index is -0.381. The summed E-state index contributed by atoms with van der Waals surface area (Å²) >= 11 is 0. The Balaban J connectivity index is 1.56. The number of hydrogen-bond acceptors (Lipinski definition) is 5. The van der Waals surface area contributed by atoms with Crippen molar-refractivity contribution in [3.05, 3.63) is 77.3 Å². The number of aromatic nitrogens is 2. The molecule has 2 aliphatic heterocycles. The molecule has 33 heavy (non-hydrogen) atoms. The molecular formula is C26H28N4O3. The van der Waals surface area contributed by atoms with Crippen LogP contribution in [0.3, 0.4) is 0 Å². The number of nitrogens with zero attached hydrogens (tertiary/aromatic N) is 3. The number of carbonyl (C=O) groups is 1. The lowest BCUT2D eigenvalue weighted by atomic mass is 9.93. The third kappa shape index (κ3) is 4.28. The van der Waals surface area contributed by atoms with E-state index in [-0.39, 0.29) is 18.2 Å². The predicted octanol–water partition coefficient (Wildman–Crippen LogP) is 4.98. The molecule has 3 heterocycles. The molecule has 3 aromatic rings. The zero-order valence-electron chi connectivity index (χ0n) is 19.0. The smallest absolute Gasteiger partial charge is 0.322 e. The monoisotopic (exact) mass is 444 g/mol. The lowest BCUT2D eigenvalue weighted by molar-refractivity contribution is 0.0877. The van der Waals surface area contributed by atoms with Gasteiger partial charge in [0.15, 0.2) is 0 Å². The molecule has 0 saturated carbocycles. The average Bonchev–Trinajstić information content (AvgIpc) is 3.54. The minimum Gasteiger partial charge on any atom is -0.376 e. The maximum Gasteiger partial charge on any atom is 0.322 e. The molecule has 2 aliphatic rings. The fourth-order valence-corrected chi connectivity index (χ4v) is 4.50. The lowest BCUT2D eigenvalue weighted by Crippen LogP contribution is -2.48. The summed E-state index contributed by atoms with van der Waals surface area (Å²) in [6, 6.07) is 17.5. The first kappa shape index (κ1) is 21.4. The molecule has 2 amide bonds. The molecule has 0 radical (unpaired) electrons. The highest BCUT2D eigenvalue weighted by atomic mass is 16.5. The van der Waals surface area contributed by atoms with E-state index in [0.29, 0.717) is 18.3 Å². The average molecular weight is 445 g/mol. The molecule has 7 heteroatoms.